The standard InChI is InChI=1S/C28H38BrN5O3.CH4/c1-18(35)13-19-7-4-5-8-20(19)14-25-23(29)16-30-28(33-25)32-24-11-10-21(15-26(24)37-3)27(36)31-22-9-6-12-34(2)17-22;/h10-11,15-16,19-20,22H,4-9,12-14,17H2,1-3H3,(H,31,36)(H,30,32,33);1H4/t19-,20-,22?;/m0./s1. The molecule has 8 nitrogen and oxygen atoms in total. The summed E-state index contributed by atoms with van der Waals surface area (Å²) in [5.41, 5.74) is 2.18. The van der Waals surface area contributed by atoms with Gasteiger partial charge >= 0.3 is 0 Å². The molecular formula is C29H42BrN5O3. The highest BCUT2D eigenvalue weighted by atomic mass is 79.9. The average Bonchev–Trinajstić information content (AvgIpc) is 2.87. The zero-order valence-corrected chi connectivity index (χ0v) is 23.6. The number of likely N-dealkylation sites (N-methyl/N-ethyl adjacent to an activating group) is 1. The third-order valence-electron chi connectivity index (χ3n) is 7.56. The third kappa shape index (κ3) is 7.99. The van der Waals surface area contributed by atoms with Crippen molar-refractivity contribution in [1.82, 2.24) is 20.2 Å². The van der Waals surface area contributed by atoms with E-state index in [9.17, 15) is 9.59 Å². The molecule has 2 N–H and O–H groups in total. The Hall–Kier alpha value is -2.52. The highest BCUT2D eigenvalue weighted by Gasteiger charge is 2.27. The Morgan fingerprint density at radius 2 is 1.92 bits per heavy atom. The maximum Gasteiger partial charge on any atom is 0.251 e. The topological polar surface area (TPSA) is 96.5 Å². The predicted molar refractivity (Wildman–Crippen MR) is 155 cm³/mol. The third-order valence-corrected chi connectivity index (χ3v) is 8.22. The predicted octanol–water partition coefficient (Wildman–Crippen LogP) is 5.78. The summed E-state index contributed by atoms with van der Waals surface area (Å²) >= 11 is 3.62. The number of piperidine rings is 1. The van der Waals surface area contributed by atoms with E-state index in [0.29, 0.717) is 41.2 Å². The van der Waals surface area contributed by atoms with Crippen LogP contribution in [-0.2, 0) is 11.2 Å². The highest BCUT2D eigenvalue weighted by molar-refractivity contribution is 9.10. The first-order chi connectivity index (χ1) is 17.8. The lowest BCUT2D eigenvalue weighted by atomic mass is 9.75. The Morgan fingerprint density at radius 1 is 1.16 bits per heavy atom. The van der Waals surface area contributed by atoms with Crippen LogP contribution in [0.5, 0.6) is 5.75 Å². The van der Waals surface area contributed by atoms with E-state index >= 15 is 0 Å². The molecule has 9 heteroatoms. The van der Waals surface area contributed by atoms with Crippen LogP contribution in [0.1, 0.15) is 75.3 Å². The molecule has 2 aliphatic rings. The molecule has 0 radical (unpaired) electrons. The lowest BCUT2D eigenvalue weighted by Gasteiger charge is -2.31. The van der Waals surface area contributed by atoms with Crippen LogP contribution in [-0.4, -0.2) is 59.8 Å². The van der Waals surface area contributed by atoms with Crippen LogP contribution >= 0.6 is 15.9 Å². The molecule has 1 unspecified atom stereocenters. The molecule has 38 heavy (non-hydrogen) atoms. The molecule has 1 amide bonds. The Balaban J connectivity index is 0.00000400. The number of Topliss-reactive ketones (excluding diaryl/α,β-unsaturated/α-hetero) is 1. The van der Waals surface area contributed by atoms with Gasteiger partial charge in [0.1, 0.15) is 11.5 Å². The number of anilines is 2. The summed E-state index contributed by atoms with van der Waals surface area (Å²) in [6.07, 6.45) is 9.91. The second kappa shape index (κ2) is 14.0. The van der Waals surface area contributed by atoms with E-state index in [4.69, 9.17) is 9.72 Å². The van der Waals surface area contributed by atoms with Crippen molar-refractivity contribution in [2.24, 2.45) is 11.8 Å². The number of hydrogen-bond acceptors (Lipinski definition) is 7. The summed E-state index contributed by atoms with van der Waals surface area (Å²) in [7, 11) is 3.67. The number of halogens is 1. The molecule has 2 heterocycles. The number of carbonyl (C=O) groups excluding carboxylic acids is 2. The van der Waals surface area contributed by atoms with Gasteiger partial charge in [-0.2, -0.15) is 0 Å². The number of hydrogen-bond donors (Lipinski definition) is 2. The van der Waals surface area contributed by atoms with Gasteiger partial charge in [-0.1, -0.05) is 20.3 Å². The molecule has 1 aliphatic heterocycles. The maximum absolute atomic E-state index is 12.9. The molecule has 2 aromatic rings. The van der Waals surface area contributed by atoms with E-state index in [-0.39, 0.29) is 25.2 Å². The van der Waals surface area contributed by atoms with Crippen molar-refractivity contribution in [3.05, 3.63) is 40.1 Å². The number of carbonyl (C=O) groups is 2. The Labute approximate surface area is 235 Å². The summed E-state index contributed by atoms with van der Waals surface area (Å²) in [6.45, 7) is 3.62. The van der Waals surface area contributed by atoms with Crippen molar-refractivity contribution in [3.63, 3.8) is 0 Å². The number of aromatic nitrogens is 2. The number of nitrogens with one attached hydrogen (secondary N) is 2. The van der Waals surface area contributed by atoms with Crippen molar-refractivity contribution in [2.75, 3.05) is 32.6 Å². The van der Waals surface area contributed by atoms with Crippen molar-refractivity contribution in [3.8, 4) is 5.75 Å². The molecule has 1 aromatic heterocycles. The minimum atomic E-state index is -0.0973. The van der Waals surface area contributed by atoms with Gasteiger partial charge in [0.15, 0.2) is 0 Å². The largest absolute Gasteiger partial charge is 0.495 e. The molecule has 3 atom stereocenters. The normalized spacial score (nSPS) is 21.7. The number of ketones is 1. The first-order valence-corrected chi connectivity index (χ1v) is 14.1. The van der Waals surface area contributed by atoms with Gasteiger partial charge in [-0.05, 0) is 98.6 Å². The molecule has 4 rings (SSSR count). The van der Waals surface area contributed by atoms with Gasteiger partial charge in [0.2, 0.25) is 5.95 Å². The molecule has 2 fully saturated rings. The summed E-state index contributed by atoms with van der Waals surface area (Å²) in [4.78, 5) is 36.1. The zero-order chi connectivity index (χ0) is 26.4. The monoisotopic (exact) mass is 587 g/mol. The van der Waals surface area contributed by atoms with Crippen molar-refractivity contribution in [1.29, 1.82) is 0 Å². The quantitative estimate of drug-likeness (QED) is 0.384. The van der Waals surface area contributed by atoms with E-state index in [1.54, 1.807) is 32.4 Å². The number of ether oxygens (including phenoxy) is 1. The summed E-state index contributed by atoms with van der Waals surface area (Å²) in [5.74, 6) is 2.04. The molecule has 1 saturated heterocycles. The molecular weight excluding hydrogens is 546 g/mol. The zero-order valence-electron chi connectivity index (χ0n) is 22.1. The Morgan fingerprint density at radius 3 is 2.63 bits per heavy atom. The van der Waals surface area contributed by atoms with E-state index in [1.165, 1.54) is 12.8 Å². The van der Waals surface area contributed by atoms with Gasteiger partial charge in [0.05, 0.1) is 23.0 Å². The lowest BCUT2D eigenvalue weighted by molar-refractivity contribution is -0.118. The molecule has 1 saturated carbocycles. The number of nitrogens with zero attached hydrogens (tertiary/aromatic N) is 3. The molecule has 1 aromatic carbocycles. The first-order valence-electron chi connectivity index (χ1n) is 13.3. The SMILES string of the molecule is C.COc1cc(C(=O)NC2CCCN(C)C2)ccc1Nc1ncc(Br)c(C[C@@H]2CCCC[C@H]2CC(C)=O)n1. The lowest BCUT2D eigenvalue weighted by Crippen LogP contribution is -2.46. The molecule has 1 aliphatic carbocycles. The van der Waals surface area contributed by atoms with Crippen LogP contribution in [0.2, 0.25) is 0 Å². The minimum Gasteiger partial charge on any atom is -0.495 e. The highest BCUT2D eigenvalue weighted by Crippen LogP contribution is 2.36. The van der Waals surface area contributed by atoms with Crippen molar-refractivity contribution >= 4 is 39.3 Å². The average molecular weight is 589 g/mol. The smallest absolute Gasteiger partial charge is 0.251 e. The van der Waals surface area contributed by atoms with Gasteiger partial charge in [0, 0.05) is 30.8 Å². The van der Waals surface area contributed by atoms with Gasteiger partial charge in [-0.25, -0.2) is 9.97 Å². The number of amides is 1. The van der Waals surface area contributed by atoms with Crippen LogP contribution in [0.3, 0.4) is 0 Å². The van der Waals surface area contributed by atoms with E-state index in [0.717, 1.165) is 55.4 Å². The van der Waals surface area contributed by atoms with Gasteiger partial charge in [-0.15, -0.1) is 0 Å². The summed E-state index contributed by atoms with van der Waals surface area (Å²) in [6, 6.07) is 5.53. The molecule has 0 bridgehead atoms. The van der Waals surface area contributed by atoms with Gasteiger partial charge < -0.3 is 25.1 Å². The van der Waals surface area contributed by atoms with Gasteiger partial charge in [-0.3, -0.25) is 4.79 Å². The number of benzene rings is 1. The Kier molecular flexibility index (Phi) is 11.1. The fourth-order valence-electron chi connectivity index (χ4n) is 5.65. The van der Waals surface area contributed by atoms with E-state index < -0.39 is 0 Å². The summed E-state index contributed by atoms with van der Waals surface area (Å²) in [5, 5.41) is 6.41. The van der Waals surface area contributed by atoms with Crippen LogP contribution in [0, 0.1) is 11.8 Å². The van der Waals surface area contributed by atoms with Crippen molar-refractivity contribution in [2.45, 2.75) is 71.8 Å². The second-order valence-corrected chi connectivity index (χ2v) is 11.4. The summed E-state index contributed by atoms with van der Waals surface area (Å²) < 4.78 is 6.47. The molecule has 0 spiro atoms. The van der Waals surface area contributed by atoms with Crippen LogP contribution in [0.15, 0.2) is 28.9 Å². The van der Waals surface area contributed by atoms with Crippen LogP contribution in [0.25, 0.3) is 0 Å². The minimum absolute atomic E-state index is 0. The number of rotatable bonds is 9. The van der Waals surface area contributed by atoms with E-state index in [1.807, 2.05) is 6.07 Å². The van der Waals surface area contributed by atoms with Crippen molar-refractivity contribution < 1.29 is 14.3 Å². The van der Waals surface area contributed by atoms with Gasteiger partial charge in [0.25, 0.3) is 5.91 Å². The molecule has 208 valence electrons. The Bertz CT molecular complexity index is 1110. The number of likely N-dealkylation sites (tertiary alicyclic amines) is 1. The fraction of sp³-hybridized carbons (Fsp3) is 0.586. The number of methoxy groups -OCH3 is 1. The van der Waals surface area contributed by atoms with Crippen LogP contribution < -0.4 is 15.4 Å². The maximum atomic E-state index is 12.9. The first kappa shape index (κ1) is 30.0. The van der Waals surface area contributed by atoms with Crippen LogP contribution in [0.4, 0.5) is 11.6 Å². The second-order valence-electron chi connectivity index (χ2n) is 10.5. The fourth-order valence-corrected chi connectivity index (χ4v) is 6.01. The van der Waals surface area contributed by atoms with E-state index in [2.05, 4.69) is 43.5 Å².